The molecule has 1 aromatic rings. The number of carbonyl (C=O) groups is 2. The monoisotopic (exact) mass is 254 g/mol. The van der Waals surface area contributed by atoms with Gasteiger partial charge < -0.3 is 0 Å². The molecule has 19 heavy (non-hydrogen) atoms. The van der Waals surface area contributed by atoms with Crippen LogP contribution < -0.4 is 0 Å². The summed E-state index contributed by atoms with van der Waals surface area (Å²) in [6, 6.07) is 4.08. The van der Waals surface area contributed by atoms with E-state index in [1.807, 2.05) is 32.9 Å². The van der Waals surface area contributed by atoms with Gasteiger partial charge in [0, 0.05) is 18.9 Å². The summed E-state index contributed by atoms with van der Waals surface area (Å²) < 4.78 is 0. The van der Waals surface area contributed by atoms with E-state index in [0.717, 1.165) is 22.3 Å². The molecule has 0 amide bonds. The van der Waals surface area contributed by atoms with E-state index in [-0.39, 0.29) is 24.4 Å². The topological polar surface area (TPSA) is 34.1 Å². The molecule has 2 radical (unpaired) electrons. The molecule has 0 spiro atoms. The third-order valence-corrected chi connectivity index (χ3v) is 2.92. The maximum Gasteiger partial charge on any atom is 0.145 e. The predicted octanol–water partition coefficient (Wildman–Crippen LogP) is 3.34. The zero-order valence-corrected chi connectivity index (χ0v) is 11.7. The van der Waals surface area contributed by atoms with E-state index in [4.69, 9.17) is 6.58 Å². The smallest absolute Gasteiger partial charge is 0.145 e. The van der Waals surface area contributed by atoms with Crippen LogP contribution >= 0.6 is 0 Å². The Morgan fingerprint density at radius 1 is 1.16 bits per heavy atom. The van der Waals surface area contributed by atoms with Crippen molar-refractivity contribution in [3.05, 3.63) is 53.6 Å². The van der Waals surface area contributed by atoms with Crippen molar-refractivity contribution < 1.29 is 9.59 Å². The van der Waals surface area contributed by atoms with E-state index in [2.05, 4.69) is 12.7 Å². The molecule has 0 fully saturated rings. The van der Waals surface area contributed by atoms with E-state index < -0.39 is 0 Å². The predicted molar refractivity (Wildman–Crippen MR) is 76.5 cm³/mol. The highest BCUT2D eigenvalue weighted by molar-refractivity contribution is 6.04. The van der Waals surface area contributed by atoms with Crippen molar-refractivity contribution in [2.75, 3.05) is 0 Å². The van der Waals surface area contributed by atoms with Gasteiger partial charge in [-0.2, -0.15) is 0 Å². The van der Waals surface area contributed by atoms with Crippen LogP contribution in [-0.2, 0) is 9.59 Å². The second-order valence-corrected chi connectivity index (χ2v) is 4.83. The summed E-state index contributed by atoms with van der Waals surface area (Å²) in [6.07, 6.45) is -0.0440. The molecule has 1 aromatic carbocycles. The zero-order valence-electron chi connectivity index (χ0n) is 11.7. The van der Waals surface area contributed by atoms with Gasteiger partial charge >= 0.3 is 0 Å². The van der Waals surface area contributed by atoms with Gasteiger partial charge in [0.25, 0.3) is 0 Å². The normalized spacial score (nSPS) is 9.89. The van der Waals surface area contributed by atoms with Gasteiger partial charge in [0.15, 0.2) is 0 Å². The fraction of sp³-hybridized carbons (Fsp3) is 0.294. The first-order valence-electron chi connectivity index (χ1n) is 6.12. The summed E-state index contributed by atoms with van der Waals surface area (Å²) in [7, 11) is 0. The fourth-order valence-corrected chi connectivity index (χ4v) is 2.35. The van der Waals surface area contributed by atoms with Crippen molar-refractivity contribution in [2.24, 2.45) is 0 Å². The third kappa shape index (κ3) is 4.04. The third-order valence-electron chi connectivity index (χ3n) is 2.92. The number of allylic oxidation sites excluding steroid dienone is 1. The lowest BCUT2D eigenvalue weighted by Gasteiger charge is -2.13. The van der Waals surface area contributed by atoms with Gasteiger partial charge in [0.2, 0.25) is 0 Å². The van der Waals surface area contributed by atoms with Gasteiger partial charge in [-0.15, -0.1) is 5.73 Å². The highest BCUT2D eigenvalue weighted by Gasteiger charge is 2.14. The van der Waals surface area contributed by atoms with Gasteiger partial charge in [0.1, 0.15) is 11.6 Å². The molecule has 0 aliphatic heterocycles. The number of aryl methyl sites for hydroxylation is 3. The van der Waals surface area contributed by atoms with E-state index >= 15 is 0 Å². The lowest BCUT2D eigenvalue weighted by Crippen LogP contribution is -2.06. The molecule has 0 atom stereocenters. The number of hydrogen-bond acceptors (Lipinski definition) is 2. The molecular formula is C17H18O2. The summed E-state index contributed by atoms with van der Waals surface area (Å²) >= 11 is 0. The number of hydrogen-bond donors (Lipinski definition) is 0. The highest BCUT2D eigenvalue weighted by atomic mass is 16.1. The Morgan fingerprint density at radius 3 is 2.11 bits per heavy atom. The summed E-state index contributed by atoms with van der Waals surface area (Å²) in [5, 5.41) is 0. The Labute approximate surface area is 114 Å². The molecular weight excluding hydrogens is 236 g/mol. The number of benzene rings is 1. The summed E-state index contributed by atoms with van der Waals surface area (Å²) in [6.45, 7) is 14.7. The summed E-state index contributed by atoms with van der Waals surface area (Å²) in [4.78, 5) is 22.6. The molecule has 1 rings (SSSR count). The molecule has 0 saturated heterocycles. The van der Waals surface area contributed by atoms with Crippen LogP contribution in [0.4, 0.5) is 0 Å². The van der Waals surface area contributed by atoms with Gasteiger partial charge in [-0.1, -0.05) is 17.7 Å². The van der Waals surface area contributed by atoms with Crippen molar-refractivity contribution >= 4 is 17.1 Å². The first-order chi connectivity index (χ1) is 8.85. The molecule has 0 heterocycles. The average molecular weight is 254 g/mol. The Bertz CT molecular complexity index is 550. The molecule has 0 aromatic heterocycles. The summed E-state index contributed by atoms with van der Waals surface area (Å²) in [5.74, 6) is -0.564. The SMILES string of the molecule is [CH]=C=C(CC(=O)CC([CH2])=O)c1c(C)cc(C)cc1C. The van der Waals surface area contributed by atoms with Crippen LogP contribution in [0, 0.1) is 34.3 Å². The van der Waals surface area contributed by atoms with Crippen molar-refractivity contribution in [1.82, 2.24) is 0 Å². The first-order valence-corrected chi connectivity index (χ1v) is 6.12. The van der Waals surface area contributed by atoms with E-state index in [0.29, 0.717) is 5.57 Å². The average Bonchev–Trinajstić information content (AvgIpc) is 2.24. The zero-order chi connectivity index (χ0) is 14.6. The number of ketones is 2. The number of carbonyl (C=O) groups excluding carboxylic acids is 2. The van der Waals surface area contributed by atoms with Crippen LogP contribution in [0.2, 0.25) is 0 Å². The van der Waals surface area contributed by atoms with Gasteiger partial charge in [0.05, 0.1) is 6.42 Å². The van der Waals surface area contributed by atoms with Crippen molar-refractivity contribution in [1.29, 1.82) is 0 Å². The van der Waals surface area contributed by atoms with E-state index in [1.165, 1.54) is 0 Å². The van der Waals surface area contributed by atoms with Crippen LogP contribution in [-0.4, -0.2) is 11.6 Å². The Hall–Kier alpha value is -1.92. The van der Waals surface area contributed by atoms with Crippen LogP contribution in [0.25, 0.3) is 5.57 Å². The van der Waals surface area contributed by atoms with Crippen LogP contribution in [0.3, 0.4) is 0 Å². The van der Waals surface area contributed by atoms with Crippen LogP contribution in [0.5, 0.6) is 0 Å². The van der Waals surface area contributed by atoms with Gasteiger partial charge in [-0.05, 0) is 44.0 Å². The fourth-order valence-electron chi connectivity index (χ4n) is 2.35. The maximum absolute atomic E-state index is 11.7. The molecule has 2 heteroatoms. The van der Waals surface area contributed by atoms with E-state index in [9.17, 15) is 9.59 Å². The molecule has 0 N–H and O–H groups in total. The van der Waals surface area contributed by atoms with E-state index in [1.54, 1.807) is 0 Å². The van der Waals surface area contributed by atoms with Crippen molar-refractivity contribution in [3.63, 3.8) is 0 Å². The largest absolute Gasteiger partial charge is 0.299 e. The second-order valence-electron chi connectivity index (χ2n) is 4.83. The van der Waals surface area contributed by atoms with Gasteiger partial charge in [-0.3, -0.25) is 9.59 Å². The minimum Gasteiger partial charge on any atom is -0.299 e. The highest BCUT2D eigenvalue weighted by Crippen LogP contribution is 2.26. The minimum absolute atomic E-state index is 0.114. The molecule has 2 nitrogen and oxygen atoms in total. The first kappa shape index (κ1) is 15.1. The molecule has 0 unspecified atom stereocenters. The number of Topliss-reactive ketones (excluding diaryl/α,β-unsaturated/α-hetero) is 2. The number of rotatable bonds is 5. The van der Waals surface area contributed by atoms with Crippen molar-refractivity contribution in [2.45, 2.75) is 33.6 Å². The Balaban J connectivity index is 3.10. The Kier molecular flexibility index (Phi) is 5.02. The Morgan fingerprint density at radius 2 is 1.68 bits per heavy atom. The van der Waals surface area contributed by atoms with Gasteiger partial charge in [-0.25, -0.2) is 0 Å². The lowest BCUT2D eigenvalue weighted by atomic mass is 9.91. The quantitative estimate of drug-likeness (QED) is 0.596. The van der Waals surface area contributed by atoms with Crippen LogP contribution in [0.1, 0.15) is 35.1 Å². The molecule has 0 aliphatic rings. The standard InChI is InChI=1S/C17H18O2/c1-6-15(10-16(19)9-14(5)18)17-12(3)7-11(2)8-13(17)4/h1,7-8H,5,9-10H2,2-4H3. The lowest BCUT2D eigenvalue weighted by molar-refractivity contribution is -0.124. The van der Waals surface area contributed by atoms with Crippen molar-refractivity contribution in [3.8, 4) is 0 Å². The molecule has 98 valence electrons. The summed E-state index contributed by atoms with van der Waals surface area (Å²) in [5.41, 5.74) is 7.44. The molecule has 0 bridgehead atoms. The second kappa shape index (κ2) is 6.31. The molecule has 0 saturated carbocycles. The molecule has 0 aliphatic carbocycles. The minimum atomic E-state index is -0.376. The maximum atomic E-state index is 11.7. The van der Waals surface area contributed by atoms with Crippen LogP contribution in [0.15, 0.2) is 17.9 Å².